The number of fused-ring (bicyclic) bond motifs is 1. The molecule has 1 fully saturated rings. The average Bonchev–Trinajstić information content (AvgIpc) is 2.70. The number of hydrogen-bond acceptors (Lipinski definition) is 6. The normalized spacial score (nSPS) is 19.7. The van der Waals surface area contributed by atoms with E-state index in [4.69, 9.17) is 4.74 Å². The molecule has 1 saturated heterocycles. The van der Waals surface area contributed by atoms with Gasteiger partial charge in [-0.15, -0.1) is 0 Å². The number of aliphatic hydroxyl groups is 1. The van der Waals surface area contributed by atoms with Crippen molar-refractivity contribution in [3.8, 4) is 0 Å². The van der Waals surface area contributed by atoms with Gasteiger partial charge in [-0.05, 0) is 24.1 Å². The molecule has 1 aromatic carbocycles. The SMILES string of the molecule is O=C(NC1CCOCC1O)c1cc(Cc2cnccn2)c2ccccc2n1. The van der Waals surface area contributed by atoms with Crippen molar-refractivity contribution >= 4 is 16.8 Å². The number of rotatable bonds is 4. The van der Waals surface area contributed by atoms with Crippen LogP contribution in [0.25, 0.3) is 10.9 Å². The summed E-state index contributed by atoms with van der Waals surface area (Å²) in [6.07, 6.45) is 5.42. The van der Waals surface area contributed by atoms with Crippen LogP contribution in [0.3, 0.4) is 0 Å². The van der Waals surface area contributed by atoms with Gasteiger partial charge in [0.2, 0.25) is 0 Å². The molecule has 4 rings (SSSR count). The molecule has 2 aromatic heterocycles. The summed E-state index contributed by atoms with van der Waals surface area (Å²) in [5.41, 5.74) is 2.85. The molecule has 7 nitrogen and oxygen atoms in total. The van der Waals surface area contributed by atoms with Crippen molar-refractivity contribution in [1.82, 2.24) is 20.3 Å². The van der Waals surface area contributed by atoms with Gasteiger partial charge in [-0.25, -0.2) is 4.98 Å². The highest BCUT2D eigenvalue weighted by Crippen LogP contribution is 2.21. The zero-order chi connectivity index (χ0) is 18.6. The molecule has 2 atom stereocenters. The fourth-order valence-corrected chi connectivity index (χ4v) is 3.26. The Morgan fingerprint density at radius 2 is 2.19 bits per heavy atom. The second-order valence-electron chi connectivity index (χ2n) is 6.57. The molecule has 0 saturated carbocycles. The highest BCUT2D eigenvalue weighted by molar-refractivity contribution is 5.96. The summed E-state index contributed by atoms with van der Waals surface area (Å²) < 4.78 is 5.21. The number of hydrogen-bond donors (Lipinski definition) is 2. The largest absolute Gasteiger partial charge is 0.389 e. The van der Waals surface area contributed by atoms with E-state index in [1.54, 1.807) is 24.7 Å². The lowest BCUT2D eigenvalue weighted by atomic mass is 10.0. The quantitative estimate of drug-likeness (QED) is 0.728. The Hall–Kier alpha value is -2.90. The monoisotopic (exact) mass is 364 g/mol. The molecule has 1 amide bonds. The van der Waals surface area contributed by atoms with Gasteiger partial charge in [-0.3, -0.25) is 14.8 Å². The van der Waals surface area contributed by atoms with E-state index in [2.05, 4.69) is 20.3 Å². The molecule has 7 heteroatoms. The van der Waals surface area contributed by atoms with Gasteiger partial charge < -0.3 is 15.2 Å². The lowest BCUT2D eigenvalue weighted by Crippen LogP contribution is -2.48. The van der Waals surface area contributed by atoms with E-state index < -0.39 is 6.10 Å². The van der Waals surface area contributed by atoms with Gasteiger partial charge in [0.05, 0.1) is 30.0 Å². The second kappa shape index (κ2) is 7.77. The molecule has 1 aliphatic heterocycles. The number of amides is 1. The van der Waals surface area contributed by atoms with Gasteiger partial charge in [0.15, 0.2) is 0 Å². The van der Waals surface area contributed by atoms with E-state index in [1.807, 2.05) is 24.3 Å². The molecule has 3 heterocycles. The molecule has 0 bridgehead atoms. The first-order valence-corrected chi connectivity index (χ1v) is 8.91. The van der Waals surface area contributed by atoms with Gasteiger partial charge in [0.1, 0.15) is 5.69 Å². The van der Waals surface area contributed by atoms with Crippen LogP contribution in [-0.2, 0) is 11.2 Å². The summed E-state index contributed by atoms with van der Waals surface area (Å²) in [6, 6.07) is 9.17. The predicted octanol–water partition coefficient (Wildman–Crippen LogP) is 1.50. The molecule has 0 aliphatic carbocycles. The van der Waals surface area contributed by atoms with Crippen LogP contribution in [0.5, 0.6) is 0 Å². The first-order chi connectivity index (χ1) is 13.2. The predicted molar refractivity (Wildman–Crippen MR) is 99.3 cm³/mol. The first-order valence-electron chi connectivity index (χ1n) is 8.91. The van der Waals surface area contributed by atoms with Crippen molar-refractivity contribution in [2.75, 3.05) is 13.2 Å². The third kappa shape index (κ3) is 3.94. The smallest absolute Gasteiger partial charge is 0.270 e. The van der Waals surface area contributed by atoms with Crippen molar-refractivity contribution in [3.05, 3.63) is 65.9 Å². The Balaban J connectivity index is 1.65. The minimum Gasteiger partial charge on any atom is -0.389 e. The van der Waals surface area contributed by atoms with Crippen LogP contribution in [0.4, 0.5) is 0 Å². The van der Waals surface area contributed by atoms with Gasteiger partial charge >= 0.3 is 0 Å². The Morgan fingerprint density at radius 1 is 1.30 bits per heavy atom. The zero-order valence-electron chi connectivity index (χ0n) is 14.7. The Kier molecular flexibility index (Phi) is 5.04. The van der Waals surface area contributed by atoms with E-state index in [0.717, 1.165) is 22.2 Å². The van der Waals surface area contributed by atoms with Crippen molar-refractivity contribution in [3.63, 3.8) is 0 Å². The highest BCUT2D eigenvalue weighted by atomic mass is 16.5. The summed E-state index contributed by atoms with van der Waals surface area (Å²) in [4.78, 5) is 25.7. The molecule has 1 aliphatic rings. The van der Waals surface area contributed by atoms with Crippen molar-refractivity contribution in [2.45, 2.75) is 25.0 Å². The number of nitrogens with zero attached hydrogens (tertiary/aromatic N) is 3. The van der Waals surface area contributed by atoms with E-state index in [0.29, 0.717) is 25.1 Å². The highest BCUT2D eigenvalue weighted by Gasteiger charge is 2.26. The third-order valence-electron chi connectivity index (χ3n) is 4.67. The molecule has 27 heavy (non-hydrogen) atoms. The van der Waals surface area contributed by atoms with Crippen LogP contribution in [0, 0.1) is 0 Å². The van der Waals surface area contributed by atoms with Gasteiger partial charge in [0, 0.05) is 37.0 Å². The third-order valence-corrected chi connectivity index (χ3v) is 4.67. The van der Waals surface area contributed by atoms with Crippen LogP contribution < -0.4 is 5.32 Å². The number of aromatic nitrogens is 3. The number of nitrogens with one attached hydrogen (secondary N) is 1. The molecule has 0 spiro atoms. The van der Waals surface area contributed by atoms with E-state index >= 15 is 0 Å². The van der Waals surface area contributed by atoms with Crippen molar-refractivity contribution in [1.29, 1.82) is 0 Å². The van der Waals surface area contributed by atoms with Crippen molar-refractivity contribution in [2.24, 2.45) is 0 Å². The maximum Gasteiger partial charge on any atom is 0.270 e. The molecular weight excluding hydrogens is 344 g/mol. The Morgan fingerprint density at radius 3 is 3.00 bits per heavy atom. The summed E-state index contributed by atoms with van der Waals surface area (Å²) in [5, 5.41) is 13.9. The minimum absolute atomic E-state index is 0.230. The lowest BCUT2D eigenvalue weighted by molar-refractivity contribution is -0.0261. The fourth-order valence-electron chi connectivity index (χ4n) is 3.26. The molecule has 2 unspecified atom stereocenters. The summed E-state index contributed by atoms with van der Waals surface area (Å²) >= 11 is 0. The van der Waals surface area contributed by atoms with Gasteiger partial charge in [-0.2, -0.15) is 0 Å². The van der Waals surface area contributed by atoms with Crippen LogP contribution in [0.15, 0.2) is 48.9 Å². The van der Waals surface area contributed by atoms with Gasteiger partial charge in [0.25, 0.3) is 5.91 Å². The number of ether oxygens (including phenoxy) is 1. The number of para-hydroxylation sites is 1. The van der Waals surface area contributed by atoms with E-state index in [9.17, 15) is 9.90 Å². The summed E-state index contributed by atoms with van der Waals surface area (Å²) in [5.74, 6) is -0.299. The summed E-state index contributed by atoms with van der Waals surface area (Å²) in [7, 11) is 0. The standard InChI is InChI=1S/C20H20N4O3/c25-19-12-27-8-5-17(19)24-20(26)18-10-13(9-14-11-21-6-7-22-14)15-3-1-2-4-16(15)23-18/h1-4,6-7,10-11,17,19,25H,5,8-9,12H2,(H,24,26). The average molecular weight is 364 g/mol. The number of pyridine rings is 1. The minimum atomic E-state index is -0.706. The molecule has 2 N–H and O–H groups in total. The Labute approximate surface area is 156 Å². The van der Waals surface area contributed by atoms with Crippen LogP contribution >= 0.6 is 0 Å². The number of carbonyl (C=O) groups excluding carboxylic acids is 1. The summed E-state index contributed by atoms with van der Waals surface area (Å²) in [6.45, 7) is 0.749. The first kappa shape index (κ1) is 17.5. The fraction of sp³-hybridized carbons (Fsp3) is 0.300. The molecule has 0 radical (unpaired) electrons. The van der Waals surface area contributed by atoms with Crippen LogP contribution in [0.2, 0.25) is 0 Å². The van der Waals surface area contributed by atoms with E-state index in [-0.39, 0.29) is 18.6 Å². The van der Waals surface area contributed by atoms with Crippen molar-refractivity contribution < 1.29 is 14.6 Å². The molecule has 138 valence electrons. The molecular formula is C20H20N4O3. The second-order valence-corrected chi connectivity index (χ2v) is 6.57. The lowest BCUT2D eigenvalue weighted by Gasteiger charge is -2.28. The number of benzene rings is 1. The Bertz CT molecular complexity index is 948. The van der Waals surface area contributed by atoms with Gasteiger partial charge in [-0.1, -0.05) is 18.2 Å². The number of aliphatic hydroxyl groups excluding tert-OH is 1. The molecule has 3 aromatic rings. The maximum absolute atomic E-state index is 12.8. The number of carbonyl (C=O) groups is 1. The van der Waals surface area contributed by atoms with Crippen LogP contribution in [0.1, 0.15) is 28.2 Å². The zero-order valence-corrected chi connectivity index (χ0v) is 14.7. The van der Waals surface area contributed by atoms with Crippen LogP contribution in [-0.4, -0.2) is 51.3 Å². The van der Waals surface area contributed by atoms with E-state index in [1.165, 1.54) is 0 Å². The maximum atomic E-state index is 12.8. The topological polar surface area (TPSA) is 97.2 Å².